The Bertz CT molecular complexity index is 1490. The molecule has 0 bridgehead atoms. The summed E-state index contributed by atoms with van der Waals surface area (Å²) in [5, 5.41) is 0.888. The van der Waals surface area contributed by atoms with Gasteiger partial charge in [-0.25, -0.2) is 9.59 Å². The number of hydrogen-bond donors (Lipinski definition) is 0. The highest BCUT2D eigenvalue weighted by molar-refractivity contribution is 6.10. The Morgan fingerprint density at radius 2 is 1.44 bits per heavy atom. The number of aryl methyl sites for hydroxylation is 4. The number of nitrogens with zero attached hydrogens (tertiary/aromatic N) is 3. The van der Waals surface area contributed by atoms with E-state index in [0.717, 1.165) is 10.9 Å². The fraction of sp³-hybridized carbons (Fsp3) is 0.308. The summed E-state index contributed by atoms with van der Waals surface area (Å²) in [6.07, 6.45) is 0. The Kier molecular flexibility index (Phi) is 6.00. The van der Waals surface area contributed by atoms with Crippen LogP contribution in [0.1, 0.15) is 46.0 Å². The molecular weight excluding hydrogens is 434 g/mol. The van der Waals surface area contributed by atoms with Gasteiger partial charge in [0, 0.05) is 31.1 Å². The highest BCUT2D eigenvalue weighted by Gasteiger charge is 2.30. The van der Waals surface area contributed by atoms with Crippen LogP contribution in [0.2, 0.25) is 0 Å². The number of rotatable bonds is 5. The number of benzene rings is 1. The summed E-state index contributed by atoms with van der Waals surface area (Å²) in [4.78, 5) is 44.0. The molecule has 0 aliphatic carbocycles. The Hall–Kier alpha value is -3.94. The van der Waals surface area contributed by atoms with Gasteiger partial charge < -0.3 is 18.6 Å². The van der Waals surface area contributed by atoms with Crippen LogP contribution < -0.4 is 5.43 Å². The monoisotopic (exact) mass is 461 g/mol. The minimum absolute atomic E-state index is 0.144. The zero-order chi connectivity index (χ0) is 24.7. The molecule has 8 nitrogen and oxygen atoms in total. The summed E-state index contributed by atoms with van der Waals surface area (Å²) in [7, 11) is 3.67. The van der Waals surface area contributed by atoms with Gasteiger partial charge in [0.15, 0.2) is 0 Å². The van der Waals surface area contributed by atoms with Crippen molar-refractivity contribution in [3.05, 3.63) is 63.1 Å². The van der Waals surface area contributed by atoms with Crippen molar-refractivity contribution < 1.29 is 19.1 Å². The molecule has 4 rings (SSSR count). The molecule has 0 radical (unpaired) electrons. The Morgan fingerprint density at radius 1 is 0.882 bits per heavy atom. The zero-order valence-corrected chi connectivity index (χ0v) is 20.2. The highest BCUT2D eigenvalue weighted by Crippen LogP contribution is 2.35. The molecule has 1 aromatic carbocycles. The van der Waals surface area contributed by atoms with E-state index in [-0.39, 0.29) is 35.3 Å². The summed E-state index contributed by atoms with van der Waals surface area (Å²) in [6.45, 7) is 7.10. The van der Waals surface area contributed by atoms with Crippen molar-refractivity contribution >= 4 is 33.9 Å². The largest absolute Gasteiger partial charge is 0.462 e. The molecule has 0 spiro atoms. The summed E-state index contributed by atoms with van der Waals surface area (Å²) >= 11 is 0. The molecule has 8 heteroatoms. The number of hydrogen-bond acceptors (Lipinski definition) is 6. The number of ether oxygens (including phenoxy) is 2. The molecule has 0 fully saturated rings. The van der Waals surface area contributed by atoms with Crippen molar-refractivity contribution in [2.24, 2.45) is 14.1 Å². The molecular formula is C26H27N3O5. The fourth-order valence-electron chi connectivity index (χ4n) is 4.66. The first-order valence-corrected chi connectivity index (χ1v) is 11.2. The SMILES string of the molecule is CCOC(=O)c1c(C)nc(C)c(C(=O)OCC)c1-c1cc(=O)c2c(c3ccccc3n2C)n1C. The smallest absolute Gasteiger partial charge is 0.340 e. The maximum absolute atomic E-state index is 13.4. The van der Waals surface area contributed by atoms with Gasteiger partial charge in [0.05, 0.1) is 52.5 Å². The molecule has 0 saturated carbocycles. The van der Waals surface area contributed by atoms with Gasteiger partial charge in [-0.15, -0.1) is 0 Å². The van der Waals surface area contributed by atoms with Gasteiger partial charge in [0.1, 0.15) is 5.52 Å². The van der Waals surface area contributed by atoms with Gasteiger partial charge in [-0.3, -0.25) is 9.78 Å². The normalized spacial score (nSPS) is 11.2. The average molecular weight is 462 g/mol. The molecule has 3 heterocycles. The third-order valence-electron chi connectivity index (χ3n) is 6.05. The second-order valence-corrected chi connectivity index (χ2v) is 8.07. The Balaban J connectivity index is 2.21. The highest BCUT2D eigenvalue weighted by atomic mass is 16.5. The third-order valence-corrected chi connectivity index (χ3v) is 6.05. The van der Waals surface area contributed by atoms with E-state index >= 15 is 0 Å². The van der Waals surface area contributed by atoms with Crippen LogP contribution in [0.15, 0.2) is 35.1 Å². The summed E-state index contributed by atoms with van der Waals surface area (Å²) in [5.74, 6) is -1.22. The van der Waals surface area contributed by atoms with E-state index in [1.165, 1.54) is 6.07 Å². The number of carbonyl (C=O) groups excluding carboxylic acids is 2. The van der Waals surface area contributed by atoms with Gasteiger partial charge in [-0.2, -0.15) is 0 Å². The predicted octanol–water partition coefficient (Wildman–Crippen LogP) is 4.06. The minimum atomic E-state index is -0.612. The Morgan fingerprint density at radius 3 is 2.00 bits per heavy atom. The maximum Gasteiger partial charge on any atom is 0.340 e. The van der Waals surface area contributed by atoms with E-state index in [1.807, 2.05) is 47.5 Å². The van der Waals surface area contributed by atoms with E-state index in [1.54, 1.807) is 27.7 Å². The molecule has 0 saturated heterocycles. The van der Waals surface area contributed by atoms with E-state index in [9.17, 15) is 14.4 Å². The fourth-order valence-corrected chi connectivity index (χ4v) is 4.66. The molecule has 34 heavy (non-hydrogen) atoms. The second-order valence-electron chi connectivity index (χ2n) is 8.07. The molecule has 0 N–H and O–H groups in total. The standard InChI is InChI=1S/C26H27N3O5/c1-7-33-25(31)20-14(3)27-15(4)21(26(32)34-8-2)22(20)18-13-19(30)24-23(29(18)6)16-11-9-10-12-17(16)28(24)5/h9-13H,7-8H2,1-6H3. The van der Waals surface area contributed by atoms with E-state index in [2.05, 4.69) is 4.98 Å². The molecule has 176 valence electrons. The lowest BCUT2D eigenvalue weighted by Gasteiger charge is -2.20. The lowest BCUT2D eigenvalue weighted by atomic mass is 9.94. The zero-order valence-electron chi connectivity index (χ0n) is 20.2. The molecule has 0 amide bonds. The van der Waals surface area contributed by atoms with Crippen molar-refractivity contribution in [2.45, 2.75) is 27.7 Å². The van der Waals surface area contributed by atoms with E-state index in [0.29, 0.717) is 28.1 Å². The summed E-state index contributed by atoms with van der Waals surface area (Å²) in [6, 6.07) is 9.18. The molecule has 0 atom stereocenters. The molecule has 3 aromatic heterocycles. The van der Waals surface area contributed by atoms with Gasteiger partial charge in [0.25, 0.3) is 0 Å². The van der Waals surface area contributed by atoms with Crippen molar-refractivity contribution in [1.82, 2.24) is 14.1 Å². The predicted molar refractivity (Wildman–Crippen MR) is 130 cm³/mol. The second kappa shape index (κ2) is 8.78. The van der Waals surface area contributed by atoms with E-state index < -0.39 is 11.9 Å². The van der Waals surface area contributed by atoms with Crippen LogP contribution in [-0.4, -0.2) is 39.3 Å². The van der Waals surface area contributed by atoms with Crippen LogP contribution in [-0.2, 0) is 23.6 Å². The number of pyridine rings is 2. The minimum Gasteiger partial charge on any atom is -0.462 e. The summed E-state index contributed by atoms with van der Waals surface area (Å²) in [5.41, 5.74) is 3.72. The number of para-hydroxylation sites is 1. The van der Waals surface area contributed by atoms with Crippen LogP contribution in [0.25, 0.3) is 33.2 Å². The molecule has 0 unspecified atom stereocenters. The van der Waals surface area contributed by atoms with Crippen LogP contribution in [0.4, 0.5) is 0 Å². The maximum atomic E-state index is 13.4. The number of carbonyl (C=O) groups is 2. The first-order chi connectivity index (χ1) is 16.2. The first-order valence-electron chi connectivity index (χ1n) is 11.2. The number of fused-ring (bicyclic) bond motifs is 3. The van der Waals surface area contributed by atoms with E-state index in [4.69, 9.17) is 9.47 Å². The van der Waals surface area contributed by atoms with Crippen molar-refractivity contribution in [3.8, 4) is 11.3 Å². The quantitative estimate of drug-likeness (QED) is 0.416. The topological polar surface area (TPSA) is 92.4 Å². The first kappa shape index (κ1) is 23.2. The Labute approximate surface area is 196 Å². The van der Waals surface area contributed by atoms with Gasteiger partial charge in [-0.05, 0) is 33.8 Å². The lowest BCUT2D eigenvalue weighted by molar-refractivity contribution is 0.0525. The number of aromatic nitrogens is 3. The van der Waals surface area contributed by atoms with Gasteiger partial charge >= 0.3 is 11.9 Å². The molecule has 0 aliphatic rings. The van der Waals surface area contributed by atoms with Gasteiger partial charge in [0.2, 0.25) is 5.43 Å². The van der Waals surface area contributed by atoms with Crippen LogP contribution in [0.3, 0.4) is 0 Å². The molecule has 4 aromatic rings. The van der Waals surface area contributed by atoms with Crippen molar-refractivity contribution in [3.63, 3.8) is 0 Å². The third kappa shape index (κ3) is 3.46. The lowest BCUT2D eigenvalue weighted by Crippen LogP contribution is -2.20. The van der Waals surface area contributed by atoms with Gasteiger partial charge in [-0.1, -0.05) is 18.2 Å². The van der Waals surface area contributed by atoms with Crippen LogP contribution >= 0.6 is 0 Å². The van der Waals surface area contributed by atoms with Crippen LogP contribution in [0, 0.1) is 13.8 Å². The molecule has 0 aliphatic heterocycles. The number of esters is 2. The van der Waals surface area contributed by atoms with Crippen molar-refractivity contribution in [1.29, 1.82) is 0 Å². The summed E-state index contributed by atoms with van der Waals surface area (Å²) < 4.78 is 14.3. The average Bonchev–Trinajstić information content (AvgIpc) is 3.09. The van der Waals surface area contributed by atoms with Crippen molar-refractivity contribution in [2.75, 3.05) is 13.2 Å². The van der Waals surface area contributed by atoms with Crippen LogP contribution in [0.5, 0.6) is 0 Å².